The second kappa shape index (κ2) is 10.5. The van der Waals surface area contributed by atoms with Crippen molar-refractivity contribution in [2.45, 2.75) is 25.7 Å². The molecular weight excluding hydrogens is 518 g/mol. The lowest BCUT2D eigenvalue weighted by Gasteiger charge is -2.36. The molecule has 5 rings (SSSR count). The van der Waals surface area contributed by atoms with E-state index in [1.165, 1.54) is 36.2 Å². The van der Waals surface area contributed by atoms with Crippen molar-refractivity contribution < 1.29 is 23.4 Å². The zero-order valence-electron chi connectivity index (χ0n) is 20.7. The van der Waals surface area contributed by atoms with Crippen LogP contribution in [0.15, 0.2) is 48.9 Å². The Morgan fingerprint density at radius 1 is 1.24 bits per heavy atom. The number of ether oxygens (including phenoxy) is 1. The van der Waals surface area contributed by atoms with E-state index in [1.807, 2.05) is 0 Å². The van der Waals surface area contributed by atoms with Crippen molar-refractivity contribution in [2.24, 2.45) is 7.05 Å². The number of methoxy groups -OCH3 is 1. The first-order valence-electron chi connectivity index (χ1n) is 11.8. The fourth-order valence-electron chi connectivity index (χ4n) is 4.67. The number of aliphatic hydroxyl groups excluding tert-OH is 1. The quantitative estimate of drug-likeness (QED) is 0.348. The summed E-state index contributed by atoms with van der Waals surface area (Å²) >= 11 is 6.38. The molecule has 0 aliphatic carbocycles. The molecule has 0 unspecified atom stereocenters. The van der Waals surface area contributed by atoms with Crippen LogP contribution in [0, 0.1) is 11.6 Å². The topological polar surface area (TPSA) is 97.4 Å². The SMILES string of the molecule is COC[C@H]1Cn2cc(-c3c(Cl)cnc(Nc4ccnn4C)c3F)cc2C(=O)N1Cc1cc(F)ccc1CO. The van der Waals surface area contributed by atoms with Crippen LogP contribution in [0.25, 0.3) is 11.1 Å². The minimum atomic E-state index is -0.674. The summed E-state index contributed by atoms with van der Waals surface area (Å²) in [5.74, 6) is -0.976. The number of aromatic nitrogens is 4. The summed E-state index contributed by atoms with van der Waals surface area (Å²) in [5, 5.41) is 16.8. The highest BCUT2D eigenvalue weighted by Crippen LogP contribution is 2.36. The molecule has 9 nitrogen and oxygen atoms in total. The van der Waals surface area contributed by atoms with E-state index in [4.69, 9.17) is 16.3 Å². The van der Waals surface area contributed by atoms with Gasteiger partial charge in [-0.2, -0.15) is 5.10 Å². The number of aryl methyl sites for hydroxylation is 1. The van der Waals surface area contributed by atoms with E-state index in [-0.39, 0.29) is 48.1 Å². The third-order valence-corrected chi connectivity index (χ3v) is 6.88. The highest BCUT2D eigenvalue weighted by atomic mass is 35.5. The van der Waals surface area contributed by atoms with Crippen molar-refractivity contribution in [1.29, 1.82) is 0 Å². The Kier molecular flexibility index (Phi) is 7.15. The van der Waals surface area contributed by atoms with Crippen LogP contribution in [0.5, 0.6) is 0 Å². The maximum atomic E-state index is 15.7. The van der Waals surface area contributed by atoms with E-state index >= 15 is 4.39 Å². The fraction of sp³-hybridized carbons (Fsp3) is 0.269. The Balaban J connectivity index is 1.51. The largest absolute Gasteiger partial charge is 0.392 e. The van der Waals surface area contributed by atoms with Gasteiger partial charge >= 0.3 is 0 Å². The van der Waals surface area contributed by atoms with E-state index in [2.05, 4.69) is 15.4 Å². The van der Waals surface area contributed by atoms with Gasteiger partial charge in [0.05, 0.1) is 30.5 Å². The number of hydrogen-bond acceptors (Lipinski definition) is 6. The van der Waals surface area contributed by atoms with Gasteiger partial charge in [0.25, 0.3) is 5.91 Å². The van der Waals surface area contributed by atoms with Gasteiger partial charge in [-0.15, -0.1) is 0 Å². The van der Waals surface area contributed by atoms with E-state index in [0.717, 1.165) is 0 Å². The first kappa shape index (κ1) is 25.8. The number of nitrogens with one attached hydrogen (secondary N) is 1. The molecule has 0 spiro atoms. The number of rotatable bonds is 8. The normalized spacial score (nSPS) is 15.2. The molecule has 0 saturated heterocycles. The minimum Gasteiger partial charge on any atom is -0.392 e. The van der Waals surface area contributed by atoms with Crippen LogP contribution in [0.4, 0.5) is 20.4 Å². The first-order chi connectivity index (χ1) is 18.3. The molecule has 1 aliphatic rings. The number of anilines is 2. The number of halogens is 3. The number of amides is 1. The Labute approximate surface area is 222 Å². The zero-order chi connectivity index (χ0) is 27.0. The highest BCUT2D eigenvalue weighted by Gasteiger charge is 2.34. The average molecular weight is 543 g/mol. The van der Waals surface area contributed by atoms with Gasteiger partial charge in [-0.25, -0.2) is 13.8 Å². The Bertz CT molecular complexity index is 1500. The summed E-state index contributed by atoms with van der Waals surface area (Å²) in [4.78, 5) is 19.3. The van der Waals surface area contributed by atoms with Crippen LogP contribution in [-0.2, 0) is 31.5 Å². The predicted octanol–water partition coefficient (Wildman–Crippen LogP) is 4.12. The molecule has 12 heteroatoms. The number of benzene rings is 1. The number of carbonyl (C=O) groups excluding carboxylic acids is 1. The summed E-state index contributed by atoms with van der Waals surface area (Å²) in [7, 11) is 3.24. The molecule has 0 saturated carbocycles. The van der Waals surface area contributed by atoms with Crippen LogP contribution in [0.1, 0.15) is 21.6 Å². The maximum Gasteiger partial charge on any atom is 0.271 e. The van der Waals surface area contributed by atoms with Gasteiger partial charge in [-0.05, 0) is 29.3 Å². The fourth-order valence-corrected chi connectivity index (χ4v) is 4.91. The molecule has 4 aromatic rings. The van der Waals surface area contributed by atoms with Gasteiger partial charge < -0.3 is 24.6 Å². The molecule has 1 amide bonds. The van der Waals surface area contributed by atoms with Crippen LogP contribution in [0.3, 0.4) is 0 Å². The number of nitrogens with zero attached hydrogens (tertiary/aromatic N) is 5. The number of fused-ring (bicyclic) bond motifs is 1. The second-order valence-corrected chi connectivity index (χ2v) is 9.40. The van der Waals surface area contributed by atoms with Gasteiger partial charge in [-0.1, -0.05) is 17.7 Å². The minimum absolute atomic E-state index is 0.0370. The molecule has 1 atom stereocenters. The second-order valence-electron chi connectivity index (χ2n) is 8.99. The Morgan fingerprint density at radius 2 is 2.05 bits per heavy atom. The van der Waals surface area contributed by atoms with Crippen LogP contribution in [-0.4, -0.2) is 55.0 Å². The van der Waals surface area contributed by atoms with Crippen molar-refractivity contribution >= 4 is 29.1 Å². The number of pyridine rings is 1. The molecule has 0 radical (unpaired) electrons. The van der Waals surface area contributed by atoms with E-state index < -0.39 is 11.6 Å². The summed E-state index contributed by atoms with van der Waals surface area (Å²) in [6, 6.07) is 6.95. The summed E-state index contributed by atoms with van der Waals surface area (Å²) in [6.45, 7) is 0.376. The average Bonchev–Trinajstić information content (AvgIpc) is 3.49. The third-order valence-electron chi connectivity index (χ3n) is 6.59. The molecule has 3 aromatic heterocycles. The smallest absolute Gasteiger partial charge is 0.271 e. The summed E-state index contributed by atoms with van der Waals surface area (Å²) in [6.07, 6.45) is 4.59. The molecule has 1 aliphatic heterocycles. The van der Waals surface area contributed by atoms with Crippen molar-refractivity contribution in [3.05, 3.63) is 82.4 Å². The standard InChI is InChI=1S/C26H25ClF2N6O3/c1-33-22(5-6-31-33)32-25-24(29)23(20(27)9-30-25)17-8-21-26(37)35(19(14-38-2)12-34(21)10-17)11-16-7-18(28)4-3-15(16)13-36/h3-10,19,36H,11-14H2,1-2H3,(H,30,32)/t19-/m1/s1. The molecule has 198 valence electrons. The monoisotopic (exact) mass is 542 g/mol. The Morgan fingerprint density at radius 3 is 2.76 bits per heavy atom. The molecule has 4 heterocycles. The molecule has 0 bridgehead atoms. The molecular formula is C26H25ClF2N6O3. The van der Waals surface area contributed by atoms with E-state index in [0.29, 0.717) is 34.7 Å². The molecule has 0 fully saturated rings. The molecule has 1 aromatic carbocycles. The summed E-state index contributed by atoms with van der Waals surface area (Å²) in [5.41, 5.74) is 1.85. The first-order valence-corrected chi connectivity index (χ1v) is 12.2. The lowest BCUT2D eigenvalue weighted by Crippen LogP contribution is -2.49. The van der Waals surface area contributed by atoms with Crippen molar-refractivity contribution in [3.63, 3.8) is 0 Å². The Hall–Kier alpha value is -3.80. The number of carbonyl (C=O) groups is 1. The molecule has 38 heavy (non-hydrogen) atoms. The van der Waals surface area contributed by atoms with Crippen molar-refractivity contribution in [1.82, 2.24) is 24.2 Å². The van der Waals surface area contributed by atoms with Gasteiger partial charge in [0.15, 0.2) is 11.6 Å². The highest BCUT2D eigenvalue weighted by molar-refractivity contribution is 6.33. The number of hydrogen-bond donors (Lipinski definition) is 2. The van der Waals surface area contributed by atoms with Gasteiger partial charge in [0.2, 0.25) is 0 Å². The van der Waals surface area contributed by atoms with Crippen molar-refractivity contribution in [3.8, 4) is 11.1 Å². The van der Waals surface area contributed by atoms with E-state index in [1.54, 1.807) is 41.0 Å². The molecule has 2 N–H and O–H groups in total. The zero-order valence-corrected chi connectivity index (χ0v) is 21.4. The van der Waals surface area contributed by atoms with Crippen LogP contribution >= 0.6 is 11.6 Å². The van der Waals surface area contributed by atoms with Gasteiger partial charge in [0.1, 0.15) is 17.3 Å². The van der Waals surface area contributed by atoms with Crippen LogP contribution in [0.2, 0.25) is 5.02 Å². The van der Waals surface area contributed by atoms with Crippen molar-refractivity contribution in [2.75, 3.05) is 19.0 Å². The predicted molar refractivity (Wildman–Crippen MR) is 137 cm³/mol. The van der Waals surface area contributed by atoms with E-state index in [9.17, 15) is 14.3 Å². The third kappa shape index (κ3) is 4.75. The van der Waals surface area contributed by atoms with Gasteiger partial charge in [0, 0.05) is 56.8 Å². The summed E-state index contributed by atoms with van der Waals surface area (Å²) < 4.78 is 38.3. The number of aliphatic hydroxyl groups is 1. The lowest BCUT2D eigenvalue weighted by atomic mass is 10.0. The van der Waals surface area contributed by atoms with Crippen LogP contribution < -0.4 is 5.32 Å². The van der Waals surface area contributed by atoms with Gasteiger partial charge in [-0.3, -0.25) is 9.48 Å². The maximum absolute atomic E-state index is 15.7. The lowest BCUT2D eigenvalue weighted by molar-refractivity contribution is 0.0386.